The van der Waals surface area contributed by atoms with E-state index in [1.54, 1.807) is 0 Å². The van der Waals surface area contributed by atoms with Crippen molar-refractivity contribution in [2.75, 3.05) is 19.6 Å². The molecule has 2 heteroatoms. The zero-order valence-corrected chi connectivity index (χ0v) is 13.6. The van der Waals surface area contributed by atoms with E-state index in [1.807, 2.05) is 0 Å². The molecule has 1 aromatic carbocycles. The predicted molar refractivity (Wildman–Crippen MR) is 87.1 cm³/mol. The number of hydrogen-bond acceptors (Lipinski definition) is 2. The van der Waals surface area contributed by atoms with E-state index in [0.29, 0.717) is 6.04 Å². The van der Waals surface area contributed by atoms with Gasteiger partial charge < -0.3 is 5.32 Å². The number of likely N-dealkylation sites (N-methyl/N-ethyl adjacent to an activating group) is 1. The maximum absolute atomic E-state index is 3.75. The fourth-order valence-corrected chi connectivity index (χ4v) is 3.50. The van der Waals surface area contributed by atoms with Crippen LogP contribution >= 0.6 is 0 Å². The highest BCUT2D eigenvalue weighted by Gasteiger charge is 2.39. The first-order chi connectivity index (χ1) is 9.61. The molecule has 1 aromatic rings. The normalized spacial score (nSPS) is 20.8. The number of likely N-dealkylation sites (tertiary alicyclic amines) is 1. The summed E-state index contributed by atoms with van der Waals surface area (Å²) in [6.45, 7) is 12.6. The van der Waals surface area contributed by atoms with Gasteiger partial charge in [-0.2, -0.15) is 0 Å². The largest absolute Gasteiger partial charge is 0.309 e. The lowest BCUT2D eigenvalue weighted by molar-refractivity contribution is 0.0846. The summed E-state index contributed by atoms with van der Waals surface area (Å²) in [7, 11) is 0. The van der Waals surface area contributed by atoms with Crippen molar-refractivity contribution in [3.8, 4) is 0 Å². The molecule has 0 amide bonds. The molecule has 0 spiro atoms. The maximum Gasteiger partial charge on any atom is 0.0504 e. The first-order valence-electron chi connectivity index (χ1n) is 8.16. The second kappa shape index (κ2) is 6.73. The van der Waals surface area contributed by atoms with Crippen LogP contribution in [0.25, 0.3) is 0 Å². The molecule has 2 unspecified atom stereocenters. The molecule has 2 rings (SSSR count). The molecule has 0 aromatic heterocycles. The minimum absolute atomic E-state index is 0.210. The highest BCUT2D eigenvalue weighted by Crippen LogP contribution is 2.36. The standard InChI is InChI=1S/C18H30N2/c1-5-18(4,20-13-7-8-14-20)17(19-6-2)16-11-9-15(3)10-12-16/h9-12,17,19H,5-8,13-14H2,1-4H3. The first-order valence-corrected chi connectivity index (χ1v) is 8.16. The summed E-state index contributed by atoms with van der Waals surface area (Å²) in [5, 5.41) is 3.75. The minimum atomic E-state index is 0.210. The summed E-state index contributed by atoms with van der Waals surface area (Å²) in [5.41, 5.74) is 2.97. The number of hydrogen-bond donors (Lipinski definition) is 1. The number of aryl methyl sites for hydroxylation is 1. The molecule has 1 aliphatic rings. The Bertz CT molecular complexity index is 406. The third kappa shape index (κ3) is 3.07. The second-order valence-corrected chi connectivity index (χ2v) is 6.31. The average molecular weight is 274 g/mol. The molecule has 1 heterocycles. The highest BCUT2D eigenvalue weighted by molar-refractivity contribution is 5.27. The third-order valence-electron chi connectivity index (χ3n) is 4.99. The van der Waals surface area contributed by atoms with Gasteiger partial charge in [-0.05, 0) is 58.3 Å². The zero-order valence-electron chi connectivity index (χ0n) is 13.6. The molecule has 1 aliphatic heterocycles. The van der Waals surface area contributed by atoms with Crippen LogP contribution < -0.4 is 5.32 Å². The van der Waals surface area contributed by atoms with Crippen molar-refractivity contribution in [2.24, 2.45) is 0 Å². The van der Waals surface area contributed by atoms with Gasteiger partial charge in [-0.15, -0.1) is 0 Å². The van der Waals surface area contributed by atoms with E-state index >= 15 is 0 Å². The quantitative estimate of drug-likeness (QED) is 0.846. The van der Waals surface area contributed by atoms with Gasteiger partial charge in [0.15, 0.2) is 0 Å². The Morgan fingerprint density at radius 1 is 1.15 bits per heavy atom. The van der Waals surface area contributed by atoms with Gasteiger partial charge in [0.1, 0.15) is 0 Å². The third-order valence-corrected chi connectivity index (χ3v) is 4.99. The number of rotatable bonds is 6. The Balaban J connectivity index is 2.31. The van der Waals surface area contributed by atoms with E-state index in [1.165, 1.54) is 43.5 Å². The van der Waals surface area contributed by atoms with E-state index in [0.717, 1.165) is 6.54 Å². The molecule has 1 fully saturated rings. The summed E-state index contributed by atoms with van der Waals surface area (Å²) in [6.07, 6.45) is 3.88. The van der Waals surface area contributed by atoms with Crippen LogP contribution in [0, 0.1) is 6.92 Å². The lowest BCUT2D eigenvalue weighted by atomic mass is 9.82. The monoisotopic (exact) mass is 274 g/mol. The maximum atomic E-state index is 3.75. The van der Waals surface area contributed by atoms with Gasteiger partial charge >= 0.3 is 0 Å². The van der Waals surface area contributed by atoms with Crippen LogP contribution in [0.5, 0.6) is 0 Å². The minimum Gasteiger partial charge on any atom is -0.309 e. The average Bonchev–Trinajstić information content (AvgIpc) is 3.00. The molecular formula is C18H30N2. The molecule has 0 saturated carbocycles. The molecule has 0 radical (unpaired) electrons. The van der Waals surface area contributed by atoms with Crippen molar-refractivity contribution in [3.63, 3.8) is 0 Å². The molecule has 20 heavy (non-hydrogen) atoms. The Labute approximate surface area is 124 Å². The van der Waals surface area contributed by atoms with E-state index in [-0.39, 0.29) is 5.54 Å². The first kappa shape index (κ1) is 15.5. The van der Waals surface area contributed by atoms with Gasteiger partial charge in [-0.1, -0.05) is 43.7 Å². The summed E-state index contributed by atoms with van der Waals surface area (Å²) in [6, 6.07) is 9.48. The number of benzene rings is 1. The lowest BCUT2D eigenvalue weighted by Crippen LogP contribution is -2.53. The van der Waals surface area contributed by atoms with Crippen molar-refractivity contribution >= 4 is 0 Å². The Hall–Kier alpha value is -0.860. The predicted octanol–water partition coefficient (Wildman–Crippen LogP) is 3.91. The van der Waals surface area contributed by atoms with Gasteiger partial charge in [0.25, 0.3) is 0 Å². The van der Waals surface area contributed by atoms with Crippen molar-refractivity contribution in [2.45, 2.75) is 58.5 Å². The van der Waals surface area contributed by atoms with E-state index in [2.05, 4.69) is 62.2 Å². The molecular weight excluding hydrogens is 244 g/mol. The van der Waals surface area contributed by atoms with Gasteiger partial charge in [-0.3, -0.25) is 4.90 Å². The number of nitrogens with zero attached hydrogens (tertiary/aromatic N) is 1. The summed E-state index contributed by atoms with van der Waals surface area (Å²) < 4.78 is 0. The molecule has 1 N–H and O–H groups in total. The van der Waals surface area contributed by atoms with Crippen molar-refractivity contribution in [3.05, 3.63) is 35.4 Å². The molecule has 0 aliphatic carbocycles. The SMILES string of the molecule is CCNC(c1ccc(C)cc1)C(C)(CC)N1CCCC1. The van der Waals surface area contributed by atoms with Gasteiger partial charge in [0.05, 0.1) is 6.04 Å². The molecule has 2 atom stereocenters. The zero-order chi connectivity index (χ0) is 14.6. The topological polar surface area (TPSA) is 15.3 Å². The van der Waals surface area contributed by atoms with E-state index < -0.39 is 0 Å². The molecule has 0 bridgehead atoms. The van der Waals surface area contributed by atoms with Crippen LogP contribution in [-0.4, -0.2) is 30.1 Å². The van der Waals surface area contributed by atoms with E-state index in [4.69, 9.17) is 0 Å². The van der Waals surface area contributed by atoms with Crippen LogP contribution in [0.15, 0.2) is 24.3 Å². The van der Waals surface area contributed by atoms with Crippen molar-refractivity contribution in [1.29, 1.82) is 0 Å². The second-order valence-electron chi connectivity index (χ2n) is 6.31. The molecule has 2 nitrogen and oxygen atoms in total. The van der Waals surface area contributed by atoms with Gasteiger partial charge in [0, 0.05) is 5.54 Å². The molecule has 1 saturated heterocycles. The van der Waals surface area contributed by atoms with Gasteiger partial charge in [-0.25, -0.2) is 0 Å². The van der Waals surface area contributed by atoms with Crippen LogP contribution in [0.2, 0.25) is 0 Å². The van der Waals surface area contributed by atoms with Crippen molar-refractivity contribution in [1.82, 2.24) is 10.2 Å². The Morgan fingerprint density at radius 2 is 1.75 bits per heavy atom. The molecule has 112 valence electrons. The lowest BCUT2D eigenvalue weighted by Gasteiger charge is -2.45. The Morgan fingerprint density at radius 3 is 2.25 bits per heavy atom. The van der Waals surface area contributed by atoms with Crippen LogP contribution in [-0.2, 0) is 0 Å². The fourth-order valence-electron chi connectivity index (χ4n) is 3.50. The van der Waals surface area contributed by atoms with E-state index in [9.17, 15) is 0 Å². The van der Waals surface area contributed by atoms with Crippen LogP contribution in [0.1, 0.15) is 57.2 Å². The van der Waals surface area contributed by atoms with Crippen molar-refractivity contribution < 1.29 is 0 Å². The summed E-state index contributed by atoms with van der Waals surface area (Å²) in [5.74, 6) is 0. The highest BCUT2D eigenvalue weighted by atomic mass is 15.2. The number of nitrogens with one attached hydrogen (secondary N) is 1. The van der Waals surface area contributed by atoms with Crippen LogP contribution in [0.4, 0.5) is 0 Å². The summed E-state index contributed by atoms with van der Waals surface area (Å²) >= 11 is 0. The van der Waals surface area contributed by atoms with Crippen LogP contribution in [0.3, 0.4) is 0 Å². The fraction of sp³-hybridized carbons (Fsp3) is 0.667. The Kier molecular flexibility index (Phi) is 5.22. The summed E-state index contributed by atoms with van der Waals surface area (Å²) in [4.78, 5) is 2.69. The smallest absolute Gasteiger partial charge is 0.0504 e. The van der Waals surface area contributed by atoms with Gasteiger partial charge in [0.2, 0.25) is 0 Å².